The van der Waals surface area contributed by atoms with E-state index in [0.29, 0.717) is 0 Å². The van der Waals surface area contributed by atoms with Crippen LogP contribution in [0.15, 0.2) is 0 Å². The van der Waals surface area contributed by atoms with Gasteiger partial charge in [-0.1, -0.05) is 28.8 Å². The van der Waals surface area contributed by atoms with Crippen LogP contribution in [0.4, 0.5) is 0 Å². The predicted molar refractivity (Wildman–Crippen MR) is 66.2 cm³/mol. The van der Waals surface area contributed by atoms with Crippen LogP contribution in [0.1, 0.15) is 39.5 Å². The highest BCUT2D eigenvalue weighted by Gasteiger charge is 2.35. The Bertz CT molecular complexity index is 280. The Hall–Kier alpha value is -0.580. The normalized spacial score (nSPS) is 17.4. The fraction of sp³-hybridized carbons (Fsp3) is 0.818. The van der Waals surface area contributed by atoms with Crippen molar-refractivity contribution < 1.29 is 9.59 Å². The van der Waals surface area contributed by atoms with Crippen LogP contribution in [0, 0.1) is 0 Å². The molecule has 2 N–H and O–H groups in total. The summed E-state index contributed by atoms with van der Waals surface area (Å²) < 4.78 is -0.634. The summed E-state index contributed by atoms with van der Waals surface area (Å²) in [6, 6.07) is 0.178. The fourth-order valence-corrected chi connectivity index (χ4v) is 2.32. The summed E-state index contributed by atoms with van der Waals surface area (Å²) >= 11 is 3.34. The van der Waals surface area contributed by atoms with E-state index >= 15 is 0 Å². The van der Waals surface area contributed by atoms with Crippen molar-refractivity contribution in [1.82, 2.24) is 4.90 Å². The standard InChI is InChI=1S/C11H19BrN2O2/c1-11(2,12)10(16)14(7-9(13)15)8-5-3-4-6-8/h8H,3-7H2,1-2H3,(H2,13,15). The van der Waals surface area contributed by atoms with E-state index in [0.717, 1.165) is 25.7 Å². The second-order valence-corrected chi connectivity index (χ2v) is 6.79. The Morgan fingerprint density at radius 1 is 1.38 bits per heavy atom. The fourth-order valence-electron chi connectivity index (χ4n) is 2.09. The molecule has 0 heterocycles. The monoisotopic (exact) mass is 290 g/mol. The second kappa shape index (κ2) is 5.17. The molecule has 4 nitrogen and oxygen atoms in total. The summed E-state index contributed by atoms with van der Waals surface area (Å²) in [5.74, 6) is -0.504. The minimum absolute atomic E-state index is 0.0263. The van der Waals surface area contributed by atoms with Crippen LogP contribution >= 0.6 is 15.9 Å². The van der Waals surface area contributed by atoms with Crippen molar-refractivity contribution in [2.24, 2.45) is 5.73 Å². The zero-order valence-electron chi connectivity index (χ0n) is 9.83. The van der Waals surface area contributed by atoms with Crippen molar-refractivity contribution in [3.8, 4) is 0 Å². The lowest BCUT2D eigenvalue weighted by molar-refractivity contribution is -0.138. The molecule has 92 valence electrons. The molecular formula is C11H19BrN2O2. The SMILES string of the molecule is CC(C)(Br)C(=O)N(CC(N)=O)C1CCCC1. The molecule has 16 heavy (non-hydrogen) atoms. The minimum atomic E-state index is -0.634. The van der Waals surface area contributed by atoms with Crippen LogP contribution in [0.3, 0.4) is 0 Å². The molecule has 1 aliphatic carbocycles. The first kappa shape index (κ1) is 13.5. The van der Waals surface area contributed by atoms with E-state index in [1.165, 1.54) is 0 Å². The molecule has 1 saturated carbocycles. The first-order valence-electron chi connectivity index (χ1n) is 5.60. The van der Waals surface area contributed by atoms with Crippen molar-refractivity contribution in [2.45, 2.75) is 49.9 Å². The van der Waals surface area contributed by atoms with Gasteiger partial charge in [0, 0.05) is 6.04 Å². The number of primary amides is 1. The molecule has 1 fully saturated rings. The van der Waals surface area contributed by atoms with Crippen LogP contribution in [-0.2, 0) is 9.59 Å². The molecule has 5 heteroatoms. The quantitative estimate of drug-likeness (QED) is 0.796. The van der Waals surface area contributed by atoms with Crippen molar-refractivity contribution >= 4 is 27.7 Å². The summed E-state index contributed by atoms with van der Waals surface area (Å²) in [7, 11) is 0. The maximum absolute atomic E-state index is 12.2. The largest absolute Gasteiger partial charge is 0.368 e. The smallest absolute Gasteiger partial charge is 0.239 e. The zero-order valence-corrected chi connectivity index (χ0v) is 11.4. The van der Waals surface area contributed by atoms with Crippen molar-refractivity contribution in [3.63, 3.8) is 0 Å². The van der Waals surface area contributed by atoms with Gasteiger partial charge in [-0.05, 0) is 26.7 Å². The summed E-state index contributed by atoms with van der Waals surface area (Å²) in [6.07, 6.45) is 4.19. The number of alkyl halides is 1. The molecule has 0 saturated heterocycles. The van der Waals surface area contributed by atoms with Gasteiger partial charge in [0.15, 0.2) is 0 Å². The average molecular weight is 291 g/mol. The van der Waals surface area contributed by atoms with Crippen LogP contribution in [0.2, 0.25) is 0 Å². The number of nitrogens with two attached hydrogens (primary N) is 1. The predicted octanol–water partition coefficient (Wildman–Crippen LogP) is 1.42. The van der Waals surface area contributed by atoms with E-state index in [4.69, 9.17) is 5.73 Å². The number of hydrogen-bond donors (Lipinski definition) is 1. The number of rotatable bonds is 4. The second-order valence-electron chi connectivity index (χ2n) is 4.81. The van der Waals surface area contributed by atoms with E-state index in [9.17, 15) is 9.59 Å². The number of amides is 2. The summed E-state index contributed by atoms with van der Waals surface area (Å²) in [6.45, 7) is 3.61. The lowest BCUT2D eigenvalue weighted by atomic mass is 10.1. The average Bonchev–Trinajstić information content (AvgIpc) is 2.63. The molecule has 0 spiro atoms. The molecule has 0 aromatic carbocycles. The van der Waals surface area contributed by atoms with E-state index in [1.807, 2.05) is 0 Å². The van der Waals surface area contributed by atoms with Gasteiger partial charge in [0.2, 0.25) is 11.8 Å². The van der Waals surface area contributed by atoms with E-state index in [1.54, 1.807) is 18.7 Å². The lowest BCUT2D eigenvalue weighted by Gasteiger charge is -2.32. The summed E-state index contributed by atoms with van der Waals surface area (Å²) in [4.78, 5) is 24.8. The Labute approximate surface area is 105 Å². The molecule has 0 atom stereocenters. The molecule has 0 bridgehead atoms. The summed E-state index contributed by atoms with van der Waals surface area (Å²) in [5.41, 5.74) is 5.19. The topological polar surface area (TPSA) is 63.4 Å². The van der Waals surface area contributed by atoms with Crippen molar-refractivity contribution in [1.29, 1.82) is 0 Å². The number of nitrogens with zero attached hydrogens (tertiary/aromatic N) is 1. The maximum atomic E-state index is 12.2. The molecule has 0 aromatic heterocycles. The molecule has 0 aromatic rings. The van der Waals surface area contributed by atoms with E-state index in [-0.39, 0.29) is 18.5 Å². The Kier molecular flexibility index (Phi) is 4.35. The number of hydrogen-bond acceptors (Lipinski definition) is 2. The Balaban J connectivity index is 2.77. The molecule has 1 rings (SSSR count). The highest BCUT2D eigenvalue weighted by Crippen LogP contribution is 2.27. The minimum Gasteiger partial charge on any atom is -0.368 e. The summed E-state index contributed by atoms with van der Waals surface area (Å²) in [5, 5.41) is 0. The third-order valence-electron chi connectivity index (χ3n) is 2.86. The van der Waals surface area contributed by atoms with Crippen LogP contribution < -0.4 is 5.73 Å². The zero-order chi connectivity index (χ0) is 12.3. The van der Waals surface area contributed by atoms with Crippen molar-refractivity contribution in [3.05, 3.63) is 0 Å². The third-order valence-corrected chi connectivity index (χ3v) is 3.20. The van der Waals surface area contributed by atoms with Gasteiger partial charge >= 0.3 is 0 Å². The van der Waals surface area contributed by atoms with Crippen molar-refractivity contribution in [2.75, 3.05) is 6.54 Å². The molecule has 1 aliphatic rings. The molecule has 0 radical (unpaired) electrons. The van der Waals surface area contributed by atoms with Gasteiger partial charge in [0.25, 0.3) is 0 Å². The van der Waals surface area contributed by atoms with E-state index < -0.39 is 10.2 Å². The first-order chi connectivity index (χ1) is 7.32. The molecule has 0 unspecified atom stereocenters. The van der Waals surface area contributed by atoms with Crippen LogP contribution in [0.25, 0.3) is 0 Å². The highest BCUT2D eigenvalue weighted by atomic mass is 79.9. The van der Waals surface area contributed by atoms with Gasteiger partial charge in [0.05, 0.1) is 10.9 Å². The van der Waals surface area contributed by atoms with Gasteiger partial charge in [-0.15, -0.1) is 0 Å². The highest BCUT2D eigenvalue weighted by molar-refractivity contribution is 9.10. The van der Waals surface area contributed by atoms with Gasteiger partial charge in [0.1, 0.15) is 0 Å². The van der Waals surface area contributed by atoms with Crippen LogP contribution in [-0.4, -0.2) is 33.6 Å². The Morgan fingerprint density at radius 2 is 1.88 bits per heavy atom. The molecule has 2 amide bonds. The maximum Gasteiger partial charge on any atom is 0.239 e. The lowest BCUT2D eigenvalue weighted by Crippen LogP contribution is -2.50. The van der Waals surface area contributed by atoms with E-state index in [2.05, 4.69) is 15.9 Å². The number of halogens is 1. The van der Waals surface area contributed by atoms with Gasteiger partial charge in [-0.3, -0.25) is 9.59 Å². The van der Waals surface area contributed by atoms with Gasteiger partial charge in [-0.2, -0.15) is 0 Å². The third kappa shape index (κ3) is 3.47. The van der Waals surface area contributed by atoms with Crippen LogP contribution in [0.5, 0.6) is 0 Å². The first-order valence-corrected chi connectivity index (χ1v) is 6.40. The molecule has 0 aliphatic heterocycles. The van der Waals surface area contributed by atoms with Gasteiger partial charge < -0.3 is 10.6 Å². The number of carbonyl (C=O) groups is 2. The van der Waals surface area contributed by atoms with Gasteiger partial charge in [-0.25, -0.2) is 0 Å². The molecular weight excluding hydrogens is 272 g/mol. The Morgan fingerprint density at radius 3 is 2.25 bits per heavy atom. The number of carbonyl (C=O) groups excluding carboxylic acids is 2.